The van der Waals surface area contributed by atoms with E-state index in [2.05, 4.69) is 30.6 Å². The Balaban J connectivity index is 1.27. The molecule has 4 heterocycles. The molecule has 1 aliphatic carbocycles. The number of benzene rings is 1. The van der Waals surface area contributed by atoms with Crippen molar-refractivity contribution >= 4 is 34.0 Å². The number of fused-ring (bicyclic) bond motifs is 2. The monoisotopic (exact) mass is 460 g/mol. The van der Waals surface area contributed by atoms with Crippen molar-refractivity contribution in [1.29, 1.82) is 0 Å². The van der Waals surface area contributed by atoms with Crippen LogP contribution in [-0.4, -0.2) is 62.3 Å². The molecule has 176 valence electrons. The van der Waals surface area contributed by atoms with Gasteiger partial charge in [-0.25, -0.2) is 4.98 Å². The number of rotatable bonds is 6. The second kappa shape index (κ2) is 8.28. The molecule has 34 heavy (non-hydrogen) atoms. The van der Waals surface area contributed by atoms with E-state index in [9.17, 15) is 4.79 Å². The molecule has 2 N–H and O–H groups in total. The summed E-state index contributed by atoms with van der Waals surface area (Å²) in [4.78, 5) is 24.3. The van der Waals surface area contributed by atoms with E-state index >= 15 is 0 Å². The first kappa shape index (κ1) is 20.9. The van der Waals surface area contributed by atoms with E-state index in [1.807, 2.05) is 25.4 Å². The maximum atomic E-state index is 13.3. The van der Waals surface area contributed by atoms with Crippen LogP contribution in [0.1, 0.15) is 36.0 Å². The number of nitrogens with one attached hydrogen (secondary N) is 2. The van der Waals surface area contributed by atoms with Crippen LogP contribution in [0.4, 0.5) is 11.4 Å². The molecular weight excluding hydrogens is 432 g/mol. The van der Waals surface area contributed by atoms with Crippen LogP contribution in [0.2, 0.25) is 0 Å². The van der Waals surface area contributed by atoms with Gasteiger partial charge in [-0.3, -0.25) is 13.9 Å². The molecule has 1 saturated heterocycles. The molecule has 4 aromatic rings. The van der Waals surface area contributed by atoms with Gasteiger partial charge >= 0.3 is 0 Å². The number of amides is 1. The van der Waals surface area contributed by atoms with E-state index < -0.39 is 0 Å². The minimum absolute atomic E-state index is 0.262. The lowest BCUT2D eigenvalue weighted by molar-refractivity contribution is 0.102. The molecule has 2 fully saturated rings. The van der Waals surface area contributed by atoms with Crippen LogP contribution < -0.4 is 20.3 Å². The van der Waals surface area contributed by atoms with E-state index in [4.69, 9.17) is 4.74 Å². The van der Waals surface area contributed by atoms with Crippen molar-refractivity contribution in [3.63, 3.8) is 0 Å². The highest BCUT2D eigenvalue weighted by Crippen LogP contribution is 2.32. The number of nitrogens with zero attached hydrogens (tertiary/aromatic N) is 6. The molecule has 1 aliphatic heterocycles. The summed E-state index contributed by atoms with van der Waals surface area (Å²) >= 11 is 0. The van der Waals surface area contributed by atoms with Crippen LogP contribution in [0.25, 0.3) is 16.7 Å². The van der Waals surface area contributed by atoms with Crippen LogP contribution in [-0.2, 0) is 7.05 Å². The van der Waals surface area contributed by atoms with Crippen LogP contribution in [0.15, 0.2) is 36.9 Å². The van der Waals surface area contributed by atoms with Gasteiger partial charge in [-0.1, -0.05) is 0 Å². The number of imidazole rings is 1. The van der Waals surface area contributed by atoms with Gasteiger partial charge < -0.3 is 20.3 Å². The van der Waals surface area contributed by atoms with Gasteiger partial charge in [0.25, 0.3) is 5.91 Å². The van der Waals surface area contributed by atoms with Crippen molar-refractivity contribution in [2.45, 2.75) is 37.8 Å². The van der Waals surface area contributed by atoms with E-state index in [0.29, 0.717) is 34.5 Å². The van der Waals surface area contributed by atoms with Gasteiger partial charge in [-0.2, -0.15) is 10.1 Å². The lowest BCUT2D eigenvalue weighted by atomic mass is 10.0. The second-order valence-electron chi connectivity index (χ2n) is 9.15. The van der Waals surface area contributed by atoms with E-state index in [0.717, 1.165) is 43.0 Å². The highest BCUT2D eigenvalue weighted by Gasteiger charge is 2.28. The lowest BCUT2D eigenvalue weighted by Crippen LogP contribution is -2.43. The quantitative estimate of drug-likeness (QED) is 0.456. The zero-order chi connectivity index (χ0) is 23.2. The summed E-state index contributed by atoms with van der Waals surface area (Å²) < 4.78 is 8.88. The number of hydrogen-bond acceptors (Lipinski definition) is 7. The van der Waals surface area contributed by atoms with Gasteiger partial charge in [0, 0.05) is 68.1 Å². The lowest BCUT2D eigenvalue weighted by Gasteiger charge is -2.34. The first-order valence-electron chi connectivity index (χ1n) is 11.8. The molecule has 0 atom stereocenters. The van der Waals surface area contributed by atoms with Crippen LogP contribution in [0.3, 0.4) is 0 Å². The molecule has 2 aliphatic rings. The summed E-state index contributed by atoms with van der Waals surface area (Å²) in [5.41, 5.74) is 2.80. The van der Waals surface area contributed by atoms with Crippen molar-refractivity contribution < 1.29 is 9.53 Å². The number of piperidine rings is 1. The summed E-state index contributed by atoms with van der Waals surface area (Å²) in [5.74, 6) is 0.549. The average molecular weight is 461 g/mol. The van der Waals surface area contributed by atoms with Crippen LogP contribution >= 0.6 is 0 Å². The van der Waals surface area contributed by atoms with Crippen molar-refractivity contribution in [1.82, 2.24) is 29.5 Å². The summed E-state index contributed by atoms with van der Waals surface area (Å²) in [7, 11) is 3.41. The summed E-state index contributed by atoms with van der Waals surface area (Å²) in [6.07, 6.45) is 12.1. The smallest absolute Gasteiger partial charge is 0.258 e. The van der Waals surface area contributed by atoms with Crippen LogP contribution in [0.5, 0.6) is 5.88 Å². The second-order valence-corrected chi connectivity index (χ2v) is 9.15. The van der Waals surface area contributed by atoms with Crippen molar-refractivity contribution in [2.24, 2.45) is 7.05 Å². The third kappa shape index (κ3) is 3.83. The number of aryl methyl sites for hydroxylation is 1. The molecule has 1 aromatic carbocycles. The fourth-order valence-electron chi connectivity index (χ4n) is 4.80. The Hall–Kier alpha value is -3.66. The topological polar surface area (TPSA) is 102 Å². The molecule has 0 radical (unpaired) electrons. The van der Waals surface area contributed by atoms with E-state index in [1.54, 1.807) is 27.7 Å². The van der Waals surface area contributed by atoms with Gasteiger partial charge in [0.15, 0.2) is 0 Å². The molecule has 10 nitrogen and oxygen atoms in total. The molecule has 0 spiro atoms. The molecular formula is C24H28N8O2. The highest BCUT2D eigenvalue weighted by atomic mass is 16.5. The molecule has 3 aromatic heterocycles. The fraction of sp³-hybridized carbons (Fsp3) is 0.417. The number of carbonyl (C=O) groups is 1. The summed E-state index contributed by atoms with van der Waals surface area (Å²) in [6.45, 7) is 1.99. The molecule has 10 heteroatoms. The maximum absolute atomic E-state index is 13.3. The summed E-state index contributed by atoms with van der Waals surface area (Å²) in [5, 5.41) is 12.3. The Morgan fingerprint density at radius 3 is 2.68 bits per heavy atom. The van der Waals surface area contributed by atoms with Crippen molar-refractivity contribution in [3.05, 3.63) is 42.5 Å². The number of hydrogen-bond donors (Lipinski definition) is 2. The summed E-state index contributed by atoms with van der Waals surface area (Å²) in [6, 6.07) is 5.25. The molecule has 0 unspecified atom stereocenters. The normalized spacial score (nSPS) is 16.9. The van der Waals surface area contributed by atoms with Gasteiger partial charge in [0.05, 0.1) is 12.7 Å². The number of methoxy groups -OCH3 is 1. The third-order valence-electron chi connectivity index (χ3n) is 6.69. The van der Waals surface area contributed by atoms with E-state index in [1.165, 1.54) is 20.0 Å². The first-order chi connectivity index (χ1) is 16.6. The Bertz CT molecular complexity index is 1360. The Morgan fingerprint density at radius 2 is 1.91 bits per heavy atom. The van der Waals surface area contributed by atoms with Gasteiger partial charge in [0.1, 0.15) is 11.2 Å². The maximum Gasteiger partial charge on any atom is 0.258 e. The largest absolute Gasteiger partial charge is 0.479 e. The van der Waals surface area contributed by atoms with Gasteiger partial charge in [-0.15, -0.1) is 0 Å². The molecule has 0 bridgehead atoms. The van der Waals surface area contributed by atoms with E-state index in [-0.39, 0.29) is 5.91 Å². The van der Waals surface area contributed by atoms with Gasteiger partial charge in [-0.05, 0) is 37.8 Å². The Kier molecular flexibility index (Phi) is 5.09. The minimum atomic E-state index is -0.262. The SMILES string of the molecule is COc1nc2nccn2cc1NC(=O)c1ccc(N2CCC(NC3CC3)CC2)c2cn(C)nc12. The zero-order valence-corrected chi connectivity index (χ0v) is 19.4. The minimum Gasteiger partial charge on any atom is -0.479 e. The van der Waals surface area contributed by atoms with Gasteiger partial charge in [0.2, 0.25) is 11.7 Å². The Morgan fingerprint density at radius 1 is 1.12 bits per heavy atom. The standard InChI is InChI=1S/C24H28N8O2/c1-30-13-18-20(31-10-7-16(8-11-31)26-15-3-4-15)6-5-17(21(18)29-30)22(33)27-19-14-32-12-9-25-24(32)28-23(19)34-2/h5-6,9,12-16,26H,3-4,7-8,10-11H2,1-2H3,(H,27,33). The number of aromatic nitrogens is 5. The average Bonchev–Trinajstić information content (AvgIpc) is 3.38. The zero-order valence-electron chi connectivity index (χ0n) is 19.4. The van der Waals surface area contributed by atoms with Crippen molar-refractivity contribution in [3.8, 4) is 5.88 Å². The number of anilines is 2. The fourth-order valence-corrected chi connectivity index (χ4v) is 4.80. The highest BCUT2D eigenvalue weighted by molar-refractivity contribution is 6.14. The van der Waals surface area contributed by atoms with Crippen molar-refractivity contribution in [2.75, 3.05) is 30.4 Å². The predicted molar refractivity (Wildman–Crippen MR) is 130 cm³/mol. The number of ether oxygens (including phenoxy) is 1. The third-order valence-corrected chi connectivity index (χ3v) is 6.69. The molecule has 1 saturated carbocycles. The number of carbonyl (C=O) groups excluding carboxylic acids is 1. The Labute approximate surface area is 196 Å². The predicted octanol–water partition coefficient (Wildman–Crippen LogP) is 2.60. The molecule has 1 amide bonds. The molecule has 6 rings (SSSR count). The first-order valence-corrected chi connectivity index (χ1v) is 11.8. The van der Waals surface area contributed by atoms with Crippen LogP contribution in [0, 0.1) is 0 Å².